The molecule has 3 aromatic rings. The first-order valence-corrected chi connectivity index (χ1v) is 10.3. The number of H-pyrrole nitrogens is 1. The molecule has 0 aliphatic rings. The lowest BCUT2D eigenvalue weighted by Crippen LogP contribution is -2.05. The van der Waals surface area contributed by atoms with Gasteiger partial charge in [-0.3, -0.25) is 9.19 Å². The van der Waals surface area contributed by atoms with Crippen LogP contribution in [0.15, 0.2) is 28.4 Å². The predicted octanol–water partition coefficient (Wildman–Crippen LogP) is 2.48. The van der Waals surface area contributed by atoms with Gasteiger partial charge in [0.25, 0.3) is 0 Å². The highest BCUT2D eigenvalue weighted by Gasteiger charge is 2.19. The molecule has 0 amide bonds. The molecular formula is C17H19N3O5S2. The fraction of sp³-hybridized carbons (Fsp3) is 0.294. The number of benzene rings is 1. The summed E-state index contributed by atoms with van der Waals surface area (Å²) in [4.78, 5) is 11.7. The molecule has 3 rings (SSSR count). The zero-order valence-corrected chi connectivity index (χ0v) is 16.9. The van der Waals surface area contributed by atoms with Crippen LogP contribution in [0, 0.1) is 13.8 Å². The molecule has 8 nitrogen and oxygen atoms in total. The second-order valence-corrected chi connectivity index (χ2v) is 8.15. The van der Waals surface area contributed by atoms with E-state index in [0.29, 0.717) is 22.7 Å². The maximum absolute atomic E-state index is 12.8. The van der Waals surface area contributed by atoms with Crippen molar-refractivity contribution in [3.8, 4) is 11.5 Å². The van der Waals surface area contributed by atoms with Crippen LogP contribution in [-0.4, -0.2) is 42.1 Å². The number of pyridine rings is 1. The Bertz CT molecular complexity index is 1060. The van der Waals surface area contributed by atoms with E-state index in [2.05, 4.69) is 15.0 Å². The highest BCUT2D eigenvalue weighted by atomic mass is 32.2. The summed E-state index contributed by atoms with van der Waals surface area (Å²) in [7, 11) is 1.51. The molecule has 2 atom stereocenters. The van der Waals surface area contributed by atoms with Gasteiger partial charge in [-0.2, -0.15) is 0 Å². The topological polar surface area (TPSA) is 114 Å². The van der Waals surface area contributed by atoms with Crippen molar-refractivity contribution in [2.24, 2.45) is 0 Å². The van der Waals surface area contributed by atoms with Crippen molar-refractivity contribution >= 4 is 32.9 Å². The third-order valence-corrected chi connectivity index (χ3v) is 6.01. The standard InChI is InChI=1S/C17H19N3O5S2/c1-9-7-18-13(10(2)16(9)25-4)8-26(21)17-19-12-5-11(24-3)6-14(27(22)23)15(12)20-17/h5-7H,8H2,1-4H3,(H,19,20)(H,22,23)/t26-/m0/s1. The number of hydrogen-bond donors (Lipinski definition) is 2. The lowest BCUT2D eigenvalue weighted by molar-refractivity contribution is 0.407. The minimum absolute atomic E-state index is 0.0927. The number of aromatic amines is 1. The van der Waals surface area contributed by atoms with Gasteiger partial charge in [0, 0.05) is 29.5 Å². The number of ether oxygens (including phenoxy) is 2. The van der Waals surface area contributed by atoms with Gasteiger partial charge in [0.2, 0.25) is 0 Å². The first-order chi connectivity index (χ1) is 12.8. The van der Waals surface area contributed by atoms with Crippen LogP contribution in [0.3, 0.4) is 0 Å². The van der Waals surface area contributed by atoms with Gasteiger partial charge in [0.05, 0.1) is 46.9 Å². The van der Waals surface area contributed by atoms with Crippen LogP contribution in [0.4, 0.5) is 0 Å². The molecule has 2 N–H and O–H groups in total. The average Bonchev–Trinajstić information content (AvgIpc) is 3.07. The second kappa shape index (κ2) is 7.75. The highest BCUT2D eigenvalue weighted by molar-refractivity contribution is 7.84. The second-order valence-electron chi connectivity index (χ2n) is 5.85. The quantitative estimate of drug-likeness (QED) is 0.601. The minimum Gasteiger partial charge on any atom is -0.497 e. The largest absolute Gasteiger partial charge is 0.497 e. The number of fused-ring (bicyclic) bond motifs is 1. The molecule has 0 saturated carbocycles. The zero-order chi connectivity index (χ0) is 19.7. The summed E-state index contributed by atoms with van der Waals surface area (Å²) < 4.78 is 44.5. The van der Waals surface area contributed by atoms with E-state index in [-0.39, 0.29) is 21.3 Å². The van der Waals surface area contributed by atoms with Crippen molar-refractivity contribution in [2.45, 2.75) is 29.7 Å². The molecule has 0 aliphatic carbocycles. The smallest absolute Gasteiger partial charge is 0.197 e. The Hall–Kier alpha value is -2.30. The Morgan fingerprint density at radius 3 is 2.56 bits per heavy atom. The minimum atomic E-state index is -2.25. The number of imidazole rings is 1. The van der Waals surface area contributed by atoms with Gasteiger partial charge in [-0.25, -0.2) is 9.19 Å². The predicted molar refractivity (Wildman–Crippen MR) is 102 cm³/mol. The molecule has 1 unspecified atom stereocenters. The van der Waals surface area contributed by atoms with Crippen LogP contribution >= 0.6 is 0 Å². The Morgan fingerprint density at radius 2 is 1.93 bits per heavy atom. The van der Waals surface area contributed by atoms with Gasteiger partial charge in [0.15, 0.2) is 16.2 Å². The van der Waals surface area contributed by atoms with Gasteiger partial charge in [0.1, 0.15) is 17.0 Å². The molecule has 0 bridgehead atoms. The summed E-state index contributed by atoms with van der Waals surface area (Å²) in [5.74, 6) is 1.25. The third kappa shape index (κ3) is 3.73. The molecular weight excluding hydrogens is 390 g/mol. The highest BCUT2D eigenvalue weighted by Crippen LogP contribution is 2.28. The van der Waals surface area contributed by atoms with Crippen LogP contribution in [0.2, 0.25) is 0 Å². The lowest BCUT2D eigenvalue weighted by atomic mass is 10.1. The van der Waals surface area contributed by atoms with Crippen molar-refractivity contribution in [2.75, 3.05) is 14.2 Å². The molecule has 2 aromatic heterocycles. The first kappa shape index (κ1) is 19.5. The Kier molecular flexibility index (Phi) is 5.59. The Labute approximate surface area is 161 Å². The fourth-order valence-corrected chi connectivity index (χ4v) is 4.44. The molecule has 1 aromatic carbocycles. The van der Waals surface area contributed by atoms with E-state index in [1.54, 1.807) is 19.4 Å². The van der Waals surface area contributed by atoms with E-state index < -0.39 is 21.9 Å². The third-order valence-electron chi connectivity index (χ3n) is 4.16. The van der Waals surface area contributed by atoms with Crippen molar-refractivity contribution in [3.63, 3.8) is 0 Å². The van der Waals surface area contributed by atoms with Crippen LogP contribution in [-0.2, 0) is 27.6 Å². The monoisotopic (exact) mass is 409 g/mol. The summed E-state index contributed by atoms with van der Waals surface area (Å²) in [6.07, 6.45) is 1.68. The van der Waals surface area contributed by atoms with Crippen molar-refractivity contribution < 1.29 is 22.4 Å². The van der Waals surface area contributed by atoms with Gasteiger partial charge >= 0.3 is 0 Å². The van der Waals surface area contributed by atoms with Crippen molar-refractivity contribution in [3.05, 3.63) is 35.2 Å². The van der Waals surface area contributed by atoms with Crippen molar-refractivity contribution in [1.82, 2.24) is 15.0 Å². The average molecular weight is 409 g/mol. The number of nitrogens with one attached hydrogen (secondary N) is 1. The number of hydrogen-bond acceptors (Lipinski definition) is 6. The van der Waals surface area contributed by atoms with Gasteiger partial charge in [-0.15, -0.1) is 0 Å². The van der Waals surface area contributed by atoms with E-state index in [4.69, 9.17) is 9.47 Å². The molecule has 144 valence electrons. The fourth-order valence-electron chi connectivity index (χ4n) is 2.81. The summed E-state index contributed by atoms with van der Waals surface area (Å²) in [5, 5.41) is 0.200. The van der Waals surface area contributed by atoms with E-state index in [1.807, 2.05) is 13.8 Å². The van der Waals surface area contributed by atoms with Crippen molar-refractivity contribution in [1.29, 1.82) is 0 Å². The molecule has 0 aliphatic heterocycles. The maximum atomic E-state index is 12.8. The Morgan fingerprint density at radius 1 is 1.19 bits per heavy atom. The Balaban J connectivity index is 2.00. The molecule has 2 heterocycles. The van der Waals surface area contributed by atoms with Gasteiger partial charge in [-0.05, 0) is 13.8 Å². The summed E-state index contributed by atoms with van der Waals surface area (Å²) in [6, 6.07) is 3.07. The summed E-state index contributed by atoms with van der Waals surface area (Å²) in [6.45, 7) is 3.75. The lowest BCUT2D eigenvalue weighted by Gasteiger charge is -2.11. The SMILES string of the molecule is COc1cc(S(=O)O)c2nc([S@@](=O)Cc3ncc(C)c(OC)c3C)[nH]c2c1. The molecule has 0 radical (unpaired) electrons. The van der Waals surface area contributed by atoms with E-state index in [0.717, 1.165) is 11.1 Å². The first-order valence-electron chi connectivity index (χ1n) is 7.91. The van der Waals surface area contributed by atoms with Crippen LogP contribution in [0.25, 0.3) is 11.0 Å². The van der Waals surface area contributed by atoms with Crippen LogP contribution in [0.1, 0.15) is 16.8 Å². The molecule has 0 saturated heterocycles. The van der Waals surface area contributed by atoms with E-state index in [1.165, 1.54) is 13.2 Å². The summed E-state index contributed by atoms with van der Waals surface area (Å²) in [5.41, 5.74) is 3.11. The molecule has 0 fully saturated rings. The van der Waals surface area contributed by atoms with Crippen LogP contribution < -0.4 is 9.47 Å². The molecule has 27 heavy (non-hydrogen) atoms. The van der Waals surface area contributed by atoms with E-state index >= 15 is 0 Å². The molecule has 0 spiro atoms. The maximum Gasteiger partial charge on any atom is 0.197 e. The number of nitrogens with zero attached hydrogens (tertiary/aromatic N) is 2. The number of aryl methyl sites for hydroxylation is 1. The zero-order valence-electron chi connectivity index (χ0n) is 15.2. The number of aromatic nitrogens is 3. The van der Waals surface area contributed by atoms with Crippen LogP contribution in [0.5, 0.6) is 11.5 Å². The molecule has 10 heteroatoms. The van der Waals surface area contributed by atoms with Gasteiger partial charge < -0.3 is 19.0 Å². The number of rotatable bonds is 6. The van der Waals surface area contributed by atoms with Gasteiger partial charge in [-0.1, -0.05) is 0 Å². The number of methoxy groups -OCH3 is 2. The normalized spacial score (nSPS) is 13.5. The van der Waals surface area contributed by atoms with E-state index in [9.17, 15) is 13.0 Å². The summed E-state index contributed by atoms with van der Waals surface area (Å²) >= 11 is -2.25.